The fourth-order valence-electron chi connectivity index (χ4n) is 1.40. The first-order valence-corrected chi connectivity index (χ1v) is 4.91. The second kappa shape index (κ2) is 5.19. The lowest BCUT2D eigenvalue weighted by molar-refractivity contribution is -0.896. The van der Waals surface area contributed by atoms with E-state index in [9.17, 15) is 4.79 Å². The van der Waals surface area contributed by atoms with Crippen LogP contribution in [0.5, 0.6) is 0 Å². The van der Waals surface area contributed by atoms with Crippen LogP contribution in [-0.4, -0.2) is 44.8 Å². The summed E-state index contributed by atoms with van der Waals surface area (Å²) in [6, 6.07) is 0.524. The van der Waals surface area contributed by atoms with Crippen LogP contribution in [0.2, 0.25) is 0 Å². The van der Waals surface area contributed by atoms with Gasteiger partial charge in [-0.2, -0.15) is 0 Å². The highest BCUT2D eigenvalue weighted by molar-refractivity contribution is 5.70. The van der Waals surface area contributed by atoms with Crippen LogP contribution in [0, 0.1) is 0 Å². The van der Waals surface area contributed by atoms with E-state index in [1.165, 1.54) is 4.90 Å². The number of hydrogen-bond donors (Lipinski definition) is 2. The first-order valence-electron chi connectivity index (χ1n) is 4.91. The lowest BCUT2D eigenvalue weighted by atomic mass is 10.3. The number of carbonyl (C=O) groups excluding carboxylic acids is 1. The zero-order chi connectivity index (χ0) is 9.68. The third-order valence-electron chi connectivity index (χ3n) is 2.14. The predicted molar refractivity (Wildman–Crippen MR) is 49.7 cm³/mol. The summed E-state index contributed by atoms with van der Waals surface area (Å²) in [4.78, 5) is 12.2. The van der Waals surface area contributed by atoms with E-state index in [1.54, 1.807) is 0 Å². The molecule has 1 aliphatic rings. The molecule has 1 aliphatic heterocycles. The Balaban J connectivity index is 2.10. The first kappa shape index (κ1) is 10.5. The predicted octanol–water partition coefficient (Wildman–Crippen LogP) is -1.57. The number of cyclic esters (lactones) is 1. The van der Waals surface area contributed by atoms with Crippen LogP contribution in [0.3, 0.4) is 0 Å². The van der Waals surface area contributed by atoms with Crippen LogP contribution in [0.15, 0.2) is 0 Å². The Morgan fingerprint density at radius 1 is 1.62 bits per heavy atom. The molecule has 1 heterocycles. The van der Waals surface area contributed by atoms with E-state index in [0.717, 1.165) is 19.6 Å². The molecule has 0 aromatic carbocycles. The molecule has 0 bridgehead atoms. The van der Waals surface area contributed by atoms with Crippen molar-refractivity contribution in [1.82, 2.24) is 5.32 Å². The number of esters is 1. The van der Waals surface area contributed by atoms with Gasteiger partial charge >= 0.3 is 5.97 Å². The maximum atomic E-state index is 10.9. The molecule has 0 spiro atoms. The van der Waals surface area contributed by atoms with Gasteiger partial charge in [0, 0.05) is 12.6 Å². The van der Waals surface area contributed by atoms with Gasteiger partial charge < -0.3 is 15.0 Å². The highest BCUT2D eigenvalue weighted by atomic mass is 16.5. The Morgan fingerprint density at radius 2 is 2.38 bits per heavy atom. The number of hydrogen-bond acceptors (Lipinski definition) is 3. The number of nitrogens with one attached hydrogen (secondary N) is 2. The molecule has 1 rings (SSSR count). The summed E-state index contributed by atoms with van der Waals surface area (Å²) in [6.45, 7) is 8.29. The standard InChI is InChI=1S/C9H18N2O2/c1-8(2)10-3-4-11-5-6-13-9(12)7-11/h8,10H,3-7H2,1-2H3/p+1. The van der Waals surface area contributed by atoms with Crippen molar-refractivity contribution in [3.8, 4) is 0 Å². The zero-order valence-corrected chi connectivity index (χ0v) is 8.43. The zero-order valence-electron chi connectivity index (χ0n) is 8.43. The Hall–Kier alpha value is -0.610. The Morgan fingerprint density at radius 3 is 3.00 bits per heavy atom. The van der Waals surface area contributed by atoms with E-state index in [-0.39, 0.29) is 5.97 Å². The molecule has 0 radical (unpaired) electrons. The molecule has 0 amide bonds. The number of morpholine rings is 1. The summed E-state index contributed by atoms with van der Waals surface area (Å²) in [5.41, 5.74) is 0. The van der Waals surface area contributed by atoms with Crippen molar-refractivity contribution in [3.63, 3.8) is 0 Å². The molecule has 4 heteroatoms. The number of carbonyl (C=O) groups is 1. The van der Waals surface area contributed by atoms with Crippen LogP contribution >= 0.6 is 0 Å². The summed E-state index contributed by atoms with van der Waals surface area (Å²) >= 11 is 0. The summed E-state index contributed by atoms with van der Waals surface area (Å²) in [6.07, 6.45) is 0. The second-order valence-electron chi connectivity index (χ2n) is 3.76. The normalized spacial score (nSPS) is 23.3. The molecule has 0 aromatic rings. The number of ether oxygens (including phenoxy) is 1. The average Bonchev–Trinajstić information content (AvgIpc) is 2.03. The smallest absolute Gasteiger partial charge is 0.361 e. The summed E-state index contributed by atoms with van der Waals surface area (Å²) in [5.74, 6) is -0.0641. The monoisotopic (exact) mass is 187 g/mol. The molecule has 0 saturated carbocycles. The lowest BCUT2D eigenvalue weighted by Crippen LogP contribution is -3.15. The molecular weight excluding hydrogens is 168 g/mol. The molecule has 4 nitrogen and oxygen atoms in total. The van der Waals surface area contributed by atoms with E-state index in [4.69, 9.17) is 4.74 Å². The van der Waals surface area contributed by atoms with Gasteiger partial charge in [-0.1, -0.05) is 13.8 Å². The van der Waals surface area contributed by atoms with Crippen molar-refractivity contribution >= 4 is 5.97 Å². The van der Waals surface area contributed by atoms with Gasteiger partial charge in [0.25, 0.3) is 0 Å². The van der Waals surface area contributed by atoms with E-state index in [1.807, 2.05) is 0 Å². The van der Waals surface area contributed by atoms with E-state index < -0.39 is 0 Å². The fourth-order valence-corrected chi connectivity index (χ4v) is 1.40. The quantitative estimate of drug-likeness (QED) is 0.522. The maximum Gasteiger partial charge on any atom is 0.361 e. The molecule has 13 heavy (non-hydrogen) atoms. The minimum Gasteiger partial charge on any atom is -0.456 e. The van der Waals surface area contributed by atoms with Gasteiger partial charge in [-0.25, -0.2) is 4.79 Å². The molecule has 76 valence electrons. The Kier molecular flexibility index (Phi) is 4.18. The molecule has 1 fully saturated rings. The minimum absolute atomic E-state index is 0.0641. The fraction of sp³-hybridized carbons (Fsp3) is 0.889. The minimum atomic E-state index is -0.0641. The molecule has 0 aromatic heterocycles. The third-order valence-corrected chi connectivity index (χ3v) is 2.14. The van der Waals surface area contributed by atoms with Gasteiger partial charge in [-0.05, 0) is 0 Å². The van der Waals surface area contributed by atoms with Crippen molar-refractivity contribution in [3.05, 3.63) is 0 Å². The highest BCUT2D eigenvalue weighted by Gasteiger charge is 2.20. The molecule has 1 saturated heterocycles. The largest absolute Gasteiger partial charge is 0.456 e. The Bertz CT molecular complexity index is 171. The van der Waals surface area contributed by atoms with Crippen molar-refractivity contribution < 1.29 is 14.4 Å². The van der Waals surface area contributed by atoms with Gasteiger partial charge in [0.05, 0.1) is 6.54 Å². The van der Waals surface area contributed by atoms with Crippen molar-refractivity contribution in [2.45, 2.75) is 19.9 Å². The van der Waals surface area contributed by atoms with Crippen LogP contribution in [-0.2, 0) is 9.53 Å². The molecule has 1 atom stereocenters. The van der Waals surface area contributed by atoms with E-state index in [2.05, 4.69) is 19.2 Å². The summed E-state index contributed by atoms with van der Waals surface area (Å²) < 4.78 is 4.86. The first-order chi connectivity index (χ1) is 6.18. The van der Waals surface area contributed by atoms with Crippen LogP contribution in [0.1, 0.15) is 13.8 Å². The molecular formula is C9H19N2O2+. The van der Waals surface area contributed by atoms with Crippen LogP contribution in [0.4, 0.5) is 0 Å². The van der Waals surface area contributed by atoms with Crippen molar-refractivity contribution in [2.75, 3.05) is 32.8 Å². The Labute approximate surface area is 79.2 Å². The van der Waals surface area contributed by atoms with E-state index in [0.29, 0.717) is 19.2 Å². The molecule has 1 unspecified atom stereocenters. The lowest BCUT2D eigenvalue weighted by Gasteiger charge is -2.23. The van der Waals surface area contributed by atoms with Gasteiger partial charge in [-0.3, -0.25) is 0 Å². The van der Waals surface area contributed by atoms with Gasteiger partial charge in [0.15, 0.2) is 6.54 Å². The van der Waals surface area contributed by atoms with Gasteiger partial charge in [0.2, 0.25) is 0 Å². The van der Waals surface area contributed by atoms with Crippen LogP contribution in [0.25, 0.3) is 0 Å². The van der Waals surface area contributed by atoms with Crippen molar-refractivity contribution in [2.24, 2.45) is 0 Å². The van der Waals surface area contributed by atoms with Crippen molar-refractivity contribution in [1.29, 1.82) is 0 Å². The summed E-state index contributed by atoms with van der Waals surface area (Å²) in [7, 11) is 0. The molecule has 2 N–H and O–H groups in total. The van der Waals surface area contributed by atoms with Crippen LogP contribution < -0.4 is 10.2 Å². The molecule has 0 aliphatic carbocycles. The third kappa shape index (κ3) is 4.24. The second-order valence-corrected chi connectivity index (χ2v) is 3.76. The number of rotatable bonds is 4. The highest BCUT2D eigenvalue weighted by Crippen LogP contribution is 1.78. The topological polar surface area (TPSA) is 42.8 Å². The summed E-state index contributed by atoms with van der Waals surface area (Å²) in [5, 5.41) is 3.33. The SMILES string of the molecule is CC(C)NCC[NH+]1CCOC(=O)C1. The van der Waals surface area contributed by atoms with Gasteiger partial charge in [-0.15, -0.1) is 0 Å². The maximum absolute atomic E-state index is 10.9. The van der Waals surface area contributed by atoms with E-state index >= 15 is 0 Å². The van der Waals surface area contributed by atoms with Gasteiger partial charge in [0.1, 0.15) is 13.2 Å². The number of quaternary nitrogens is 1. The average molecular weight is 187 g/mol.